The highest BCUT2D eigenvalue weighted by Crippen LogP contribution is 2.26. The molecule has 7 N–H and O–H groups in total. The van der Waals surface area contributed by atoms with Crippen LogP contribution in [0.3, 0.4) is 0 Å². The smallest absolute Gasteiger partial charge is 0.306 e. The van der Waals surface area contributed by atoms with Crippen LogP contribution in [0.5, 0.6) is 0 Å². The molecule has 11 unspecified atom stereocenters. The van der Waals surface area contributed by atoms with E-state index >= 15 is 0 Å². The number of allylic oxidation sites excluding steroid dienone is 16. The maximum atomic E-state index is 13.1. The second kappa shape index (κ2) is 47.0. The lowest BCUT2D eigenvalue weighted by molar-refractivity contribution is -0.332. The lowest BCUT2D eigenvalue weighted by atomic mass is 9.98. The molecule has 2 fully saturated rings. The number of aliphatic hydroxyl groups excluding tert-OH is 7. The normalized spacial score (nSPS) is 25.3. The van der Waals surface area contributed by atoms with Gasteiger partial charge in [0.25, 0.3) is 0 Å². The first-order chi connectivity index (χ1) is 36.6. The molecule has 2 aliphatic heterocycles. The number of carbonyl (C=O) groups is 1. The van der Waals surface area contributed by atoms with E-state index in [-0.39, 0.29) is 19.6 Å². The van der Waals surface area contributed by atoms with E-state index in [1.165, 1.54) is 38.5 Å². The highest BCUT2D eigenvalue weighted by atomic mass is 16.7. The average Bonchev–Trinajstić information content (AvgIpc) is 3.41. The molecule has 0 aromatic rings. The van der Waals surface area contributed by atoms with E-state index in [1.54, 1.807) is 0 Å². The summed E-state index contributed by atoms with van der Waals surface area (Å²) < 4.78 is 34.3. The summed E-state index contributed by atoms with van der Waals surface area (Å²) in [7, 11) is 0. The van der Waals surface area contributed by atoms with E-state index in [1.807, 2.05) is 0 Å². The maximum absolute atomic E-state index is 13.1. The Labute approximate surface area is 452 Å². The lowest BCUT2D eigenvalue weighted by Crippen LogP contribution is -2.61. The molecule has 2 saturated heterocycles. The zero-order valence-electron chi connectivity index (χ0n) is 46.0. The fraction of sp³-hybridized carbons (Fsp3) is 0.721. The van der Waals surface area contributed by atoms with Crippen LogP contribution in [0.25, 0.3) is 0 Å². The molecule has 0 bridgehead atoms. The Morgan fingerprint density at radius 2 is 0.867 bits per heavy atom. The summed E-state index contributed by atoms with van der Waals surface area (Å²) in [6.07, 6.45) is 46.0. The molecule has 0 saturated carbocycles. The molecule has 14 heteroatoms. The van der Waals surface area contributed by atoms with Crippen LogP contribution in [0.15, 0.2) is 97.2 Å². The molecule has 0 radical (unpaired) electrons. The van der Waals surface area contributed by atoms with E-state index in [4.69, 9.17) is 28.4 Å². The van der Waals surface area contributed by atoms with Crippen molar-refractivity contribution in [2.45, 2.75) is 248 Å². The van der Waals surface area contributed by atoms with Gasteiger partial charge in [0.15, 0.2) is 12.6 Å². The summed E-state index contributed by atoms with van der Waals surface area (Å²) in [4.78, 5) is 13.1. The molecule has 14 nitrogen and oxygen atoms in total. The third-order valence-corrected chi connectivity index (χ3v) is 13.1. The minimum atomic E-state index is -1.72. The zero-order chi connectivity index (χ0) is 54.4. The lowest BCUT2D eigenvalue weighted by Gasteiger charge is -2.42. The Kier molecular flexibility index (Phi) is 42.6. The van der Waals surface area contributed by atoms with Crippen molar-refractivity contribution in [3.8, 4) is 0 Å². The number of hydrogen-bond acceptors (Lipinski definition) is 14. The van der Waals surface area contributed by atoms with E-state index < -0.39 is 86.7 Å². The van der Waals surface area contributed by atoms with Gasteiger partial charge < -0.3 is 64.2 Å². The second-order valence-electron chi connectivity index (χ2n) is 19.7. The van der Waals surface area contributed by atoms with Crippen molar-refractivity contribution in [3.63, 3.8) is 0 Å². The van der Waals surface area contributed by atoms with Crippen molar-refractivity contribution < 1.29 is 69.0 Å². The summed E-state index contributed by atoms with van der Waals surface area (Å²) in [5.74, 6) is -0.401. The number of aliphatic hydroxyl groups is 7. The Hall–Kier alpha value is -3.09. The van der Waals surface area contributed by atoms with Gasteiger partial charge >= 0.3 is 5.97 Å². The van der Waals surface area contributed by atoms with Gasteiger partial charge in [-0.05, 0) is 96.3 Å². The van der Waals surface area contributed by atoms with Crippen molar-refractivity contribution in [1.82, 2.24) is 0 Å². The minimum Gasteiger partial charge on any atom is -0.457 e. The highest BCUT2D eigenvalue weighted by Gasteiger charge is 2.47. The van der Waals surface area contributed by atoms with Crippen LogP contribution in [-0.2, 0) is 33.2 Å². The summed E-state index contributed by atoms with van der Waals surface area (Å²) in [5.41, 5.74) is 0. The molecule has 0 aliphatic carbocycles. The van der Waals surface area contributed by atoms with Crippen molar-refractivity contribution in [1.29, 1.82) is 0 Å². The van der Waals surface area contributed by atoms with Gasteiger partial charge in [0.2, 0.25) is 0 Å². The molecule has 0 aromatic carbocycles. The van der Waals surface area contributed by atoms with E-state index in [0.29, 0.717) is 13.0 Å². The topological polar surface area (TPSA) is 214 Å². The van der Waals surface area contributed by atoms with Gasteiger partial charge in [-0.25, -0.2) is 0 Å². The minimum absolute atomic E-state index is 0.0325. The quantitative estimate of drug-likeness (QED) is 0.0172. The van der Waals surface area contributed by atoms with E-state index in [2.05, 4.69) is 111 Å². The highest BCUT2D eigenvalue weighted by molar-refractivity contribution is 5.69. The Bertz CT molecular complexity index is 1610. The molecular weight excluding hydrogens is 957 g/mol. The molecule has 430 valence electrons. The summed E-state index contributed by atoms with van der Waals surface area (Å²) in [6.45, 7) is 3.47. The van der Waals surface area contributed by atoms with Crippen LogP contribution in [0.4, 0.5) is 0 Å². The van der Waals surface area contributed by atoms with Gasteiger partial charge in [0.05, 0.1) is 26.4 Å². The number of carbonyl (C=O) groups excluding carboxylic acids is 1. The van der Waals surface area contributed by atoms with Gasteiger partial charge in [-0.1, -0.05) is 175 Å². The first-order valence-corrected chi connectivity index (χ1v) is 28.8. The number of unbranched alkanes of at least 4 members (excludes halogenated alkanes) is 15. The molecule has 2 rings (SSSR count). The van der Waals surface area contributed by atoms with Crippen molar-refractivity contribution >= 4 is 5.97 Å². The molecule has 2 heterocycles. The number of hydrogen-bond donors (Lipinski definition) is 7. The molecule has 0 spiro atoms. The van der Waals surface area contributed by atoms with Crippen molar-refractivity contribution in [2.75, 3.05) is 33.0 Å². The van der Waals surface area contributed by atoms with Gasteiger partial charge in [-0.15, -0.1) is 0 Å². The van der Waals surface area contributed by atoms with Gasteiger partial charge in [-0.2, -0.15) is 0 Å². The van der Waals surface area contributed by atoms with Crippen LogP contribution in [0.2, 0.25) is 0 Å². The summed E-state index contributed by atoms with van der Waals surface area (Å²) >= 11 is 0. The number of ether oxygens (including phenoxy) is 6. The van der Waals surface area contributed by atoms with Crippen LogP contribution in [-0.4, -0.2) is 142 Å². The third kappa shape index (κ3) is 33.7. The Balaban J connectivity index is 1.75. The molecule has 75 heavy (non-hydrogen) atoms. The molecule has 11 atom stereocenters. The number of esters is 1. The Morgan fingerprint density at radius 3 is 1.36 bits per heavy atom. The van der Waals surface area contributed by atoms with Gasteiger partial charge in [-0.3, -0.25) is 4.79 Å². The van der Waals surface area contributed by atoms with Crippen molar-refractivity contribution in [3.05, 3.63) is 97.2 Å². The fourth-order valence-electron chi connectivity index (χ4n) is 8.44. The largest absolute Gasteiger partial charge is 0.457 e. The first kappa shape index (κ1) is 68.0. The first-order valence-electron chi connectivity index (χ1n) is 28.8. The molecule has 0 aromatic heterocycles. The summed E-state index contributed by atoms with van der Waals surface area (Å²) in [5, 5.41) is 72.3. The maximum Gasteiger partial charge on any atom is 0.306 e. The van der Waals surface area contributed by atoms with Crippen LogP contribution < -0.4 is 0 Å². The van der Waals surface area contributed by atoms with E-state index in [9.17, 15) is 40.5 Å². The Morgan fingerprint density at radius 1 is 0.453 bits per heavy atom. The second-order valence-corrected chi connectivity index (χ2v) is 19.7. The standard InChI is InChI=1S/C61H102O14/c1-3-5-7-9-11-13-15-17-19-21-23-25-26-28-30-32-34-36-38-40-42-44-53(63)73-50(47-70-45-43-41-39-37-35-33-31-29-27-24-22-20-18-16-14-12-10-8-6-4-2)48-71-60-59(69)57(67)55(65)52(75-60)49-72-61-58(68)56(66)54(64)51(46-62)74-61/h6,8,12,14-15,17-18,20-21,23-24,26-28,31,33,50-52,54-62,64-69H,3-5,7,9-11,13,16,19,22,25,29-30,32,34-49H2,1-2H3/b8-6-,14-12-,17-15-,20-18-,23-21-,27-24-,28-26-,33-31-. The van der Waals surface area contributed by atoms with Crippen LogP contribution >= 0.6 is 0 Å². The SMILES string of the molecule is CC/C=C\C/C=C\C/C=C\C/C=C\C/C=C\CCCCCCOCC(COC1OC(COC2OC(CO)C(O)C(O)C2O)C(O)C(O)C1O)OC(=O)CCCCCCCC/C=C\C/C=C\C/C=C\CCCCCCC. The van der Waals surface area contributed by atoms with Crippen LogP contribution in [0, 0.1) is 0 Å². The van der Waals surface area contributed by atoms with Crippen LogP contribution in [0.1, 0.15) is 181 Å². The van der Waals surface area contributed by atoms with Gasteiger partial charge in [0.1, 0.15) is 54.9 Å². The van der Waals surface area contributed by atoms with Crippen molar-refractivity contribution in [2.24, 2.45) is 0 Å². The summed E-state index contributed by atoms with van der Waals surface area (Å²) in [6, 6.07) is 0. The number of rotatable bonds is 45. The fourth-order valence-corrected chi connectivity index (χ4v) is 8.44. The average molecular weight is 1060 g/mol. The molecule has 2 aliphatic rings. The predicted octanol–water partition coefficient (Wildman–Crippen LogP) is 10.2. The molecule has 0 amide bonds. The predicted molar refractivity (Wildman–Crippen MR) is 298 cm³/mol. The third-order valence-electron chi connectivity index (χ3n) is 13.1. The van der Waals surface area contributed by atoms with E-state index in [0.717, 1.165) is 116 Å². The van der Waals surface area contributed by atoms with Gasteiger partial charge in [0, 0.05) is 13.0 Å². The zero-order valence-corrected chi connectivity index (χ0v) is 46.0. The molecular formula is C61H102O14. The monoisotopic (exact) mass is 1060 g/mol.